The summed E-state index contributed by atoms with van der Waals surface area (Å²) >= 11 is 0. The first-order chi connectivity index (χ1) is 20.5. The summed E-state index contributed by atoms with van der Waals surface area (Å²) in [5.41, 5.74) is 6.80. The van der Waals surface area contributed by atoms with Crippen LogP contribution < -0.4 is 13.7 Å². The van der Waals surface area contributed by atoms with Crippen molar-refractivity contribution in [3.05, 3.63) is 125 Å². The Morgan fingerprint density at radius 2 is 0.690 bits per heavy atom. The Kier molecular flexibility index (Phi) is 12.0. The smallest absolute Gasteiger partial charge is 0.169 e. The molecule has 0 amide bonds. The van der Waals surface area contributed by atoms with E-state index in [1.807, 2.05) is 0 Å². The molecule has 0 aliphatic rings. The van der Waals surface area contributed by atoms with E-state index in [0.717, 1.165) is 74.8 Å². The van der Waals surface area contributed by atoms with Crippen LogP contribution >= 0.6 is 0 Å². The Balaban J connectivity index is 1.36. The number of unbranched alkanes of at least 4 members (excludes halogenated alkanes) is 3. The number of benzene rings is 1. The van der Waals surface area contributed by atoms with Crippen molar-refractivity contribution in [3.8, 4) is 35.5 Å². The van der Waals surface area contributed by atoms with E-state index in [2.05, 4.69) is 162 Å². The Labute approximate surface area is 252 Å². The van der Waals surface area contributed by atoms with Gasteiger partial charge < -0.3 is 0 Å². The van der Waals surface area contributed by atoms with Crippen LogP contribution in [0.2, 0.25) is 0 Å². The molecule has 0 N–H and O–H groups in total. The monoisotopic (exact) mass is 552 g/mol. The van der Waals surface area contributed by atoms with Crippen LogP contribution in [0.1, 0.15) is 71.9 Å². The number of aromatic nitrogens is 3. The molecule has 0 saturated carbocycles. The van der Waals surface area contributed by atoms with Gasteiger partial charge in [-0.3, -0.25) is 0 Å². The molecule has 0 aliphatic heterocycles. The van der Waals surface area contributed by atoms with E-state index >= 15 is 0 Å². The molecule has 0 saturated heterocycles. The van der Waals surface area contributed by atoms with Gasteiger partial charge in [0.25, 0.3) is 0 Å². The number of aryl methyl sites for hydroxylation is 6. The van der Waals surface area contributed by atoms with Gasteiger partial charge in [-0.25, -0.2) is 13.7 Å². The molecule has 210 valence electrons. The Bertz CT molecular complexity index is 1400. The average Bonchev–Trinajstić information content (AvgIpc) is 2.99. The van der Waals surface area contributed by atoms with E-state index < -0.39 is 0 Å². The van der Waals surface area contributed by atoms with E-state index in [1.54, 1.807) is 0 Å². The molecular formula is C39H42N3+3. The molecule has 0 atom stereocenters. The lowest BCUT2D eigenvalue weighted by atomic mass is 10.1. The SMILES string of the molecule is Cc1cc[n+](CCCC#Cc2cc(C#CCCC[n+]3ccc(C)cc3)cc(C#CCCC[n+]3ccc(C)cc3)c2)cc1. The fourth-order valence-electron chi connectivity index (χ4n) is 4.43. The lowest BCUT2D eigenvalue weighted by molar-refractivity contribution is -0.697. The normalized spacial score (nSPS) is 10.1. The van der Waals surface area contributed by atoms with Crippen LogP contribution in [0.25, 0.3) is 0 Å². The number of rotatable bonds is 9. The number of nitrogens with zero attached hydrogens (tertiary/aromatic N) is 3. The van der Waals surface area contributed by atoms with Gasteiger partial charge in [0.1, 0.15) is 19.6 Å². The number of hydrogen-bond donors (Lipinski definition) is 0. The highest BCUT2D eigenvalue weighted by Gasteiger charge is 2.01. The lowest BCUT2D eigenvalue weighted by Gasteiger charge is -1.98. The van der Waals surface area contributed by atoms with Crippen molar-refractivity contribution in [2.24, 2.45) is 0 Å². The Hall–Kier alpha value is -4.65. The zero-order valence-electron chi connectivity index (χ0n) is 25.4. The minimum Gasteiger partial charge on any atom is -0.205 e. The minimum absolute atomic E-state index is 0.852. The molecule has 3 nitrogen and oxygen atoms in total. The summed E-state index contributed by atoms with van der Waals surface area (Å²) in [7, 11) is 0. The molecule has 0 unspecified atom stereocenters. The van der Waals surface area contributed by atoms with Gasteiger partial charge in [-0.1, -0.05) is 35.5 Å². The molecule has 0 aliphatic carbocycles. The van der Waals surface area contributed by atoms with E-state index in [1.165, 1.54) is 16.7 Å². The largest absolute Gasteiger partial charge is 0.205 e. The second-order valence-corrected chi connectivity index (χ2v) is 10.9. The Morgan fingerprint density at radius 1 is 0.429 bits per heavy atom. The van der Waals surface area contributed by atoms with Crippen LogP contribution in [-0.2, 0) is 19.6 Å². The van der Waals surface area contributed by atoms with Crippen molar-refractivity contribution in [1.29, 1.82) is 0 Å². The minimum atomic E-state index is 0.852. The number of pyridine rings is 3. The van der Waals surface area contributed by atoms with Gasteiger partial charge in [0.15, 0.2) is 37.2 Å². The van der Waals surface area contributed by atoms with Crippen molar-refractivity contribution in [2.75, 3.05) is 0 Å². The molecule has 42 heavy (non-hydrogen) atoms. The van der Waals surface area contributed by atoms with Crippen molar-refractivity contribution < 1.29 is 13.7 Å². The summed E-state index contributed by atoms with van der Waals surface area (Å²) in [4.78, 5) is 0. The summed E-state index contributed by atoms with van der Waals surface area (Å²) in [6.45, 7) is 9.25. The third-order valence-electron chi connectivity index (χ3n) is 6.96. The van der Waals surface area contributed by atoms with Gasteiger partial charge in [-0.2, -0.15) is 0 Å². The zero-order chi connectivity index (χ0) is 29.4. The van der Waals surface area contributed by atoms with Gasteiger partial charge in [0, 0.05) is 91.6 Å². The maximum atomic E-state index is 3.37. The molecule has 0 bridgehead atoms. The fourth-order valence-corrected chi connectivity index (χ4v) is 4.43. The first-order valence-electron chi connectivity index (χ1n) is 15.0. The molecule has 0 fully saturated rings. The zero-order valence-corrected chi connectivity index (χ0v) is 25.4. The molecule has 3 heterocycles. The summed E-state index contributed by atoms with van der Waals surface area (Å²) in [6.07, 6.45) is 18.4. The summed E-state index contributed by atoms with van der Waals surface area (Å²) in [5, 5.41) is 0. The van der Waals surface area contributed by atoms with Crippen LogP contribution in [0.15, 0.2) is 91.8 Å². The van der Waals surface area contributed by atoms with E-state index in [0.29, 0.717) is 0 Å². The van der Waals surface area contributed by atoms with Gasteiger partial charge in [-0.05, 0) is 55.7 Å². The van der Waals surface area contributed by atoms with Crippen molar-refractivity contribution >= 4 is 0 Å². The first-order valence-corrected chi connectivity index (χ1v) is 15.0. The molecule has 0 spiro atoms. The third kappa shape index (κ3) is 11.1. The summed E-state index contributed by atoms with van der Waals surface area (Å²) < 4.78 is 6.65. The first kappa shape index (κ1) is 30.3. The topological polar surface area (TPSA) is 11.6 Å². The van der Waals surface area contributed by atoms with Crippen molar-refractivity contribution in [3.63, 3.8) is 0 Å². The standard InChI is InChI=1S/C39H42N3/c1-34-16-25-40(26-17-34)22-10-4-7-13-37-31-38(14-8-5-11-23-41-27-18-35(2)19-28-41)33-39(32-37)15-9-6-12-24-42-29-20-36(3)21-30-42/h16-21,25-33H,4-6,10-12,22-24H2,1-3H3/q+3. The predicted molar refractivity (Wildman–Crippen MR) is 169 cm³/mol. The summed E-state index contributed by atoms with van der Waals surface area (Å²) in [6, 6.07) is 19.2. The quantitative estimate of drug-likeness (QED) is 0.138. The molecule has 4 aromatic rings. The van der Waals surface area contributed by atoms with Crippen molar-refractivity contribution in [2.45, 2.75) is 78.9 Å². The maximum Gasteiger partial charge on any atom is 0.169 e. The van der Waals surface area contributed by atoms with E-state index in [-0.39, 0.29) is 0 Å². The molecule has 0 radical (unpaired) electrons. The van der Waals surface area contributed by atoms with Gasteiger partial charge in [-0.15, -0.1) is 0 Å². The lowest BCUT2D eigenvalue weighted by Crippen LogP contribution is -2.32. The molecule has 3 aromatic heterocycles. The van der Waals surface area contributed by atoms with E-state index in [4.69, 9.17) is 0 Å². The Morgan fingerprint density at radius 3 is 0.952 bits per heavy atom. The van der Waals surface area contributed by atoms with Crippen LogP contribution in [-0.4, -0.2) is 0 Å². The predicted octanol–water partition coefficient (Wildman–Crippen LogP) is 5.97. The fraction of sp³-hybridized carbons (Fsp3) is 0.308. The second-order valence-electron chi connectivity index (χ2n) is 10.9. The number of hydrogen-bond acceptors (Lipinski definition) is 0. The highest BCUT2D eigenvalue weighted by atomic mass is 14.9. The van der Waals surface area contributed by atoms with Gasteiger partial charge in [0.2, 0.25) is 0 Å². The van der Waals surface area contributed by atoms with Crippen molar-refractivity contribution in [1.82, 2.24) is 0 Å². The average molecular weight is 553 g/mol. The highest BCUT2D eigenvalue weighted by molar-refractivity contribution is 5.51. The van der Waals surface area contributed by atoms with Crippen LogP contribution in [0.4, 0.5) is 0 Å². The second kappa shape index (κ2) is 16.6. The maximum absolute atomic E-state index is 3.37. The van der Waals surface area contributed by atoms with E-state index in [9.17, 15) is 0 Å². The summed E-state index contributed by atoms with van der Waals surface area (Å²) in [5.74, 6) is 20.2. The van der Waals surface area contributed by atoms with Gasteiger partial charge in [0.05, 0.1) is 0 Å². The van der Waals surface area contributed by atoms with Crippen LogP contribution in [0.3, 0.4) is 0 Å². The van der Waals surface area contributed by atoms with Crippen LogP contribution in [0, 0.1) is 56.3 Å². The molecule has 4 rings (SSSR count). The highest BCUT2D eigenvalue weighted by Crippen LogP contribution is 2.09. The molecule has 1 aromatic carbocycles. The van der Waals surface area contributed by atoms with Gasteiger partial charge >= 0.3 is 0 Å². The van der Waals surface area contributed by atoms with Crippen LogP contribution in [0.5, 0.6) is 0 Å². The third-order valence-corrected chi connectivity index (χ3v) is 6.96. The molecular weight excluding hydrogens is 510 g/mol. The molecule has 3 heteroatoms.